The van der Waals surface area contributed by atoms with Gasteiger partial charge >= 0.3 is 6.36 Å². The van der Waals surface area contributed by atoms with Crippen LogP contribution >= 0.6 is 7.82 Å². The molecule has 0 bridgehead atoms. The van der Waals surface area contributed by atoms with Crippen molar-refractivity contribution in [2.24, 2.45) is 0 Å². The second-order valence-corrected chi connectivity index (χ2v) is 4.74. The molecule has 0 amide bonds. The number of alkyl halides is 3. The molecule has 4 nitrogen and oxygen atoms in total. The Morgan fingerprint density at radius 2 is 1.83 bits per heavy atom. The number of rotatable bonds is 6. The summed E-state index contributed by atoms with van der Waals surface area (Å²) in [5.41, 5.74) is 0.943. The molecular weight excluding hydrogens is 272 g/mol. The molecule has 0 N–H and O–H groups in total. The molecule has 0 radical (unpaired) electrons. The first-order valence-electron chi connectivity index (χ1n) is 5.05. The van der Waals surface area contributed by atoms with Crippen molar-refractivity contribution < 1.29 is 31.7 Å². The van der Waals surface area contributed by atoms with E-state index in [0.717, 1.165) is 5.56 Å². The summed E-state index contributed by atoms with van der Waals surface area (Å²) in [6, 6.07) is 9.08. The van der Waals surface area contributed by atoms with Crippen LogP contribution in [0.4, 0.5) is 13.2 Å². The fourth-order valence-corrected chi connectivity index (χ4v) is 1.91. The molecule has 0 aliphatic rings. The SMILES string of the molecule is O=P([O-])(OCCCc1ccccc1)OC(F)(F)F. The molecule has 102 valence electrons. The molecule has 8 heteroatoms. The summed E-state index contributed by atoms with van der Waals surface area (Å²) in [6.07, 6.45) is -4.47. The molecular formula is C10H11F3O4P-. The van der Waals surface area contributed by atoms with Crippen LogP contribution in [0, 0.1) is 0 Å². The van der Waals surface area contributed by atoms with Crippen molar-refractivity contribution in [1.82, 2.24) is 0 Å². The minimum atomic E-state index is -5.31. The van der Waals surface area contributed by atoms with E-state index in [1.54, 1.807) is 12.1 Å². The lowest BCUT2D eigenvalue weighted by atomic mass is 10.1. The van der Waals surface area contributed by atoms with Crippen LogP contribution in [-0.2, 0) is 20.0 Å². The molecule has 0 aromatic heterocycles. The molecule has 0 saturated heterocycles. The lowest BCUT2D eigenvalue weighted by Gasteiger charge is -2.23. The van der Waals surface area contributed by atoms with E-state index in [0.29, 0.717) is 6.42 Å². The smallest absolute Gasteiger partial charge is 0.528 e. The zero-order chi connectivity index (χ0) is 13.6. The predicted octanol–water partition coefficient (Wildman–Crippen LogP) is 2.64. The maximum atomic E-state index is 11.7. The quantitative estimate of drug-likeness (QED) is 0.595. The van der Waals surface area contributed by atoms with Gasteiger partial charge in [0.15, 0.2) is 0 Å². The maximum Gasteiger partial charge on any atom is 0.528 e. The maximum absolute atomic E-state index is 11.7. The number of phosphoric acid groups is 1. The molecule has 1 unspecified atom stereocenters. The van der Waals surface area contributed by atoms with Crippen LogP contribution in [0.1, 0.15) is 12.0 Å². The minimum Gasteiger partial charge on any atom is -0.756 e. The van der Waals surface area contributed by atoms with Crippen molar-refractivity contribution in [3.63, 3.8) is 0 Å². The molecule has 18 heavy (non-hydrogen) atoms. The highest BCUT2D eigenvalue weighted by Gasteiger charge is 2.35. The molecule has 1 aromatic carbocycles. The highest BCUT2D eigenvalue weighted by molar-refractivity contribution is 7.45. The molecule has 0 saturated carbocycles. The first kappa shape index (κ1) is 15.2. The Hall–Kier alpha value is -0.880. The topological polar surface area (TPSA) is 58.6 Å². The van der Waals surface area contributed by atoms with Crippen LogP contribution in [0.5, 0.6) is 0 Å². The van der Waals surface area contributed by atoms with Gasteiger partial charge in [-0.3, -0.25) is 4.57 Å². The van der Waals surface area contributed by atoms with Crippen LogP contribution in [0.25, 0.3) is 0 Å². The Kier molecular flexibility index (Phi) is 5.34. The van der Waals surface area contributed by atoms with E-state index in [2.05, 4.69) is 9.05 Å². The largest absolute Gasteiger partial charge is 0.756 e. The van der Waals surface area contributed by atoms with Gasteiger partial charge in [0.2, 0.25) is 0 Å². The standard InChI is InChI=1S/C10H12F3O4P/c11-10(12,13)17-18(14,15)16-8-4-7-9-5-2-1-3-6-9/h1-3,5-6H,4,7-8H2,(H,14,15)/p-1. The van der Waals surface area contributed by atoms with Crippen LogP contribution in [0.15, 0.2) is 30.3 Å². The van der Waals surface area contributed by atoms with Crippen LogP contribution in [0.3, 0.4) is 0 Å². The average molecular weight is 283 g/mol. The Labute approximate surface area is 102 Å². The molecule has 1 rings (SSSR count). The summed E-state index contributed by atoms with van der Waals surface area (Å²) in [6.45, 7) is -0.355. The molecule has 1 aromatic rings. The van der Waals surface area contributed by atoms with Gasteiger partial charge in [0.25, 0.3) is 7.82 Å². The van der Waals surface area contributed by atoms with Crippen molar-refractivity contribution >= 4 is 7.82 Å². The van der Waals surface area contributed by atoms with Gasteiger partial charge in [0.1, 0.15) is 0 Å². The summed E-state index contributed by atoms with van der Waals surface area (Å²) < 4.78 is 52.6. The van der Waals surface area contributed by atoms with E-state index in [9.17, 15) is 22.6 Å². The Balaban J connectivity index is 2.27. The summed E-state index contributed by atoms with van der Waals surface area (Å²) in [7, 11) is -5.31. The number of phosphoric ester groups is 1. The van der Waals surface area contributed by atoms with Gasteiger partial charge in [-0.05, 0) is 18.4 Å². The van der Waals surface area contributed by atoms with E-state index in [1.165, 1.54) is 0 Å². The van der Waals surface area contributed by atoms with Gasteiger partial charge in [-0.2, -0.15) is 0 Å². The van der Waals surface area contributed by atoms with Gasteiger partial charge < -0.3 is 9.42 Å². The van der Waals surface area contributed by atoms with Crippen LogP contribution < -0.4 is 4.89 Å². The van der Waals surface area contributed by atoms with Crippen LogP contribution in [-0.4, -0.2) is 13.0 Å². The molecule has 1 atom stereocenters. The third kappa shape index (κ3) is 6.76. The third-order valence-electron chi connectivity index (χ3n) is 1.92. The van der Waals surface area contributed by atoms with E-state index < -0.39 is 14.2 Å². The Morgan fingerprint density at radius 3 is 2.39 bits per heavy atom. The van der Waals surface area contributed by atoms with Gasteiger partial charge in [-0.1, -0.05) is 30.3 Å². The monoisotopic (exact) mass is 283 g/mol. The van der Waals surface area contributed by atoms with Crippen LogP contribution in [0.2, 0.25) is 0 Å². The normalized spacial score (nSPS) is 15.3. The second-order valence-electron chi connectivity index (χ2n) is 3.41. The third-order valence-corrected chi connectivity index (χ3v) is 2.85. The van der Waals surface area contributed by atoms with Gasteiger partial charge in [0.05, 0.1) is 6.61 Å². The summed E-state index contributed by atoms with van der Waals surface area (Å²) >= 11 is 0. The lowest BCUT2D eigenvalue weighted by Crippen LogP contribution is -2.19. The fraction of sp³-hybridized carbons (Fsp3) is 0.400. The summed E-state index contributed by atoms with van der Waals surface area (Å²) in [5, 5.41) is 0. The fourth-order valence-electron chi connectivity index (χ4n) is 1.25. The number of halogens is 3. The van der Waals surface area contributed by atoms with Crippen molar-refractivity contribution in [2.75, 3.05) is 6.61 Å². The average Bonchev–Trinajstić information content (AvgIpc) is 2.23. The number of aryl methyl sites for hydroxylation is 1. The number of hydrogen-bond donors (Lipinski definition) is 0. The minimum absolute atomic E-state index is 0.275. The van der Waals surface area contributed by atoms with E-state index >= 15 is 0 Å². The van der Waals surface area contributed by atoms with Gasteiger partial charge in [-0.25, -0.2) is 4.52 Å². The summed E-state index contributed by atoms with van der Waals surface area (Å²) in [4.78, 5) is 10.7. The van der Waals surface area contributed by atoms with Crippen molar-refractivity contribution in [3.8, 4) is 0 Å². The van der Waals surface area contributed by atoms with E-state index in [4.69, 9.17) is 0 Å². The number of benzene rings is 1. The first-order chi connectivity index (χ1) is 8.29. The van der Waals surface area contributed by atoms with E-state index in [-0.39, 0.29) is 13.0 Å². The van der Waals surface area contributed by atoms with Crippen molar-refractivity contribution in [3.05, 3.63) is 35.9 Å². The zero-order valence-electron chi connectivity index (χ0n) is 9.22. The summed E-state index contributed by atoms with van der Waals surface area (Å²) in [5.74, 6) is 0. The molecule has 0 spiro atoms. The Morgan fingerprint density at radius 1 is 1.22 bits per heavy atom. The zero-order valence-corrected chi connectivity index (χ0v) is 10.1. The Bertz CT molecular complexity index is 407. The molecule has 0 heterocycles. The second kappa shape index (κ2) is 6.33. The predicted molar refractivity (Wildman–Crippen MR) is 55.5 cm³/mol. The first-order valence-corrected chi connectivity index (χ1v) is 6.51. The van der Waals surface area contributed by atoms with Gasteiger partial charge in [-0.15, -0.1) is 13.2 Å². The van der Waals surface area contributed by atoms with Crippen molar-refractivity contribution in [1.29, 1.82) is 0 Å². The number of hydrogen-bond acceptors (Lipinski definition) is 4. The highest BCUT2D eigenvalue weighted by Crippen LogP contribution is 2.44. The molecule has 0 aliphatic heterocycles. The van der Waals surface area contributed by atoms with Crippen molar-refractivity contribution in [2.45, 2.75) is 19.2 Å². The van der Waals surface area contributed by atoms with E-state index in [1.807, 2.05) is 18.2 Å². The van der Waals surface area contributed by atoms with Gasteiger partial charge in [0, 0.05) is 0 Å². The molecule has 0 aliphatic carbocycles. The lowest BCUT2D eigenvalue weighted by molar-refractivity contribution is -0.322. The molecule has 0 fully saturated rings. The highest BCUT2D eigenvalue weighted by atomic mass is 31.2.